The average molecular weight is 334 g/mol. The Labute approximate surface area is 142 Å². The van der Waals surface area contributed by atoms with Crippen molar-refractivity contribution in [2.75, 3.05) is 7.11 Å². The number of cyclic esters (lactones) is 1. The number of hydrogen-bond acceptors (Lipinski definition) is 6. The van der Waals surface area contributed by atoms with Gasteiger partial charge in [-0.15, -0.1) is 0 Å². The first-order valence-corrected chi connectivity index (χ1v) is 7.96. The molecule has 1 aromatic rings. The van der Waals surface area contributed by atoms with Crippen molar-refractivity contribution in [2.24, 2.45) is 0 Å². The number of fused-ring (bicyclic) bond motifs is 1. The fourth-order valence-electron chi connectivity index (χ4n) is 2.75. The molecule has 0 spiro atoms. The molecule has 3 rings (SSSR count). The highest BCUT2D eigenvalue weighted by Crippen LogP contribution is 2.40. The van der Waals surface area contributed by atoms with Crippen LogP contribution in [0, 0.1) is 0 Å². The highest BCUT2D eigenvalue weighted by atomic mass is 16.7. The van der Waals surface area contributed by atoms with E-state index in [2.05, 4.69) is 0 Å². The molecule has 0 aromatic heterocycles. The minimum Gasteiger partial charge on any atom is -0.496 e. The third-order valence-corrected chi connectivity index (χ3v) is 4.77. The summed E-state index contributed by atoms with van der Waals surface area (Å²) in [6.45, 7) is 11.3. The lowest BCUT2D eigenvalue weighted by molar-refractivity contribution is -0.127. The van der Waals surface area contributed by atoms with E-state index in [0.29, 0.717) is 17.0 Å². The molecular formula is C17H23BO6. The van der Waals surface area contributed by atoms with Crippen LogP contribution in [-0.4, -0.2) is 37.2 Å². The van der Waals surface area contributed by atoms with Crippen molar-refractivity contribution in [3.05, 3.63) is 17.7 Å². The van der Waals surface area contributed by atoms with Crippen molar-refractivity contribution in [3.63, 3.8) is 0 Å². The molecule has 2 aliphatic rings. The van der Waals surface area contributed by atoms with E-state index in [1.165, 1.54) is 7.11 Å². The fourth-order valence-corrected chi connectivity index (χ4v) is 2.75. The Morgan fingerprint density at radius 3 is 2.08 bits per heavy atom. The van der Waals surface area contributed by atoms with Gasteiger partial charge in [0, 0.05) is 19.3 Å². The van der Waals surface area contributed by atoms with Gasteiger partial charge in [-0.2, -0.15) is 0 Å². The summed E-state index contributed by atoms with van der Waals surface area (Å²) in [5.74, 6) is -0.786. The fraction of sp³-hybridized carbons (Fsp3) is 0.588. The molecular weight excluding hydrogens is 311 g/mol. The van der Waals surface area contributed by atoms with Gasteiger partial charge in [-0.3, -0.25) is 0 Å². The molecule has 1 saturated heterocycles. The van der Waals surface area contributed by atoms with Gasteiger partial charge in [0.15, 0.2) is 0 Å². The van der Waals surface area contributed by atoms with Crippen LogP contribution in [0.5, 0.6) is 11.5 Å². The number of ether oxygens (including phenoxy) is 3. The molecule has 0 atom stereocenters. The minimum absolute atomic E-state index is 0.254. The van der Waals surface area contributed by atoms with Crippen LogP contribution in [0.15, 0.2) is 12.1 Å². The monoisotopic (exact) mass is 334 g/mol. The standard InChI is InChI=1S/C17H23BO6/c1-15(2)16(3,4)24-18(23-15)10-8-9-11(20-7)12-13(10)21-17(5,6)22-14(12)19/h8-9H,1-7H3. The first kappa shape index (κ1) is 17.1. The van der Waals surface area contributed by atoms with Crippen LogP contribution in [0.1, 0.15) is 51.9 Å². The molecule has 0 radical (unpaired) electrons. The lowest BCUT2D eigenvalue weighted by Gasteiger charge is -2.33. The van der Waals surface area contributed by atoms with Crippen LogP contribution in [0.2, 0.25) is 0 Å². The number of methoxy groups -OCH3 is 1. The average Bonchev–Trinajstić information content (AvgIpc) is 2.64. The van der Waals surface area contributed by atoms with Crippen LogP contribution in [0.3, 0.4) is 0 Å². The molecule has 0 unspecified atom stereocenters. The van der Waals surface area contributed by atoms with E-state index in [4.69, 9.17) is 23.5 Å². The largest absolute Gasteiger partial charge is 0.498 e. The molecule has 0 aliphatic carbocycles. The summed E-state index contributed by atoms with van der Waals surface area (Å²) in [6, 6.07) is 3.50. The quantitative estimate of drug-likeness (QED) is 0.611. The highest BCUT2D eigenvalue weighted by Gasteiger charge is 2.53. The van der Waals surface area contributed by atoms with E-state index in [0.717, 1.165) is 0 Å². The second kappa shape index (κ2) is 5.13. The van der Waals surface area contributed by atoms with Gasteiger partial charge >= 0.3 is 13.1 Å². The van der Waals surface area contributed by atoms with Gasteiger partial charge in [0.25, 0.3) is 0 Å². The smallest absolute Gasteiger partial charge is 0.496 e. The predicted octanol–water partition coefficient (Wildman–Crippen LogP) is 2.28. The summed E-state index contributed by atoms with van der Waals surface area (Å²) in [7, 11) is 0.855. The predicted molar refractivity (Wildman–Crippen MR) is 88.8 cm³/mol. The molecule has 0 saturated carbocycles. The van der Waals surface area contributed by atoms with Crippen molar-refractivity contribution in [1.82, 2.24) is 0 Å². The molecule has 1 aromatic carbocycles. The number of esters is 1. The summed E-state index contributed by atoms with van der Waals surface area (Å²) in [5, 5.41) is 0. The van der Waals surface area contributed by atoms with Crippen LogP contribution < -0.4 is 14.9 Å². The third kappa shape index (κ3) is 2.56. The zero-order valence-corrected chi connectivity index (χ0v) is 15.2. The Bertz CT molecular complexity index is 679. The number of hydrogen-bond donors (Lipinski definition) is 0. The Morgan fingerprint density at radius 1 is 0.958 bits per heavy atom. The number of carbonyl (C=O) groups excluding carboxylic acids is 1. The van der Waals surface area contributed by atoms with Gasteiger partial charge in [0.2, 0.25) is 5.79 Å². The molecule has 24 heavy (non-hydrogen) atoms. The summed E-state index contributed by atoms with van der Waals surface area (Å²) in [5.41, 5.74) is -0.0807. The molecule has 1 fully saturated rings. The number of carbonyl (C=O) groups is 1. The molecule has 6 nitrogen and oxygen atoms in total. The zero-order chi connectivity index (χ0) is 17.9. The maximum Gasteiger partial charge on any atom is 0.498 e. The van der Waals surface area contributed by atoms with Crippen molar-refractivity contribution < 1.29 is 28.3 Å². The van der Waals surface area contributed by atoms with E-state index in [9.17, 15) is 4.79 Å². The second-order valence-corrected chi connectivity index (χ2v) is 7.54. The van der Waals surface area contributed by atoms with Crippen LogP contribution >= 0.6 is 0 Å². The molecule has 7 heteroatoms. The lowest BCUT2D eigenvalue weighted by Crippen LogP contribution is -2.44. The Kier molecular flexibility index (Phi) is 3.66. The van der Waals surface area contributed by atoms with Crippen LogP contribution in [0.4, 0.5) is 0 Å². The Balaban J connectivity index is 2.12. The summed E-state index contributed by atoms with van der Waals surface area (Å²) >= 11 is 0. The van der Waals surface area contributed by atoms with Crippen LogP contribution in [0.25, 0.3) is 0 Å². The van der Waals surface area contributed by atoms with Gasteiger partial charge in [0.05, 0.1) is 18.3 Å². The van der Waals surface area contributed by atoms with Gasteiger partial charge in [-0.05, 0) is 33.8 Å². The first-order chi connectivity index (χ1) is 11.0. The summed E-state index contributed by atoms with van der Waals surface area (Å²) in [4.78, 5) is 12.4. The van der Waals surface area contributed by atoms with Crippen LogP contribution in [-0.2, 0) is 14.0 Å². The molecule has 0 amide bonds. The van der Waals surface area contributed by atoms with E-state index in [-0.39, 0.29) is 5.56 Å². The highest BCUT2D eigenvalue weighted by molar-refractivity contribution is 6.63. The maximum atomic E-state index is 12.4. The van der Waals surface area contributed by atoms with Crippen molar-refractivity contribution in [1.29, 1.82) is 0 Å². The van der Waals surface area contributed by atoms with E-state index < -0.39 is 30.1 Å². The number of benzene rings is 1. The normalized spacial score (nSPS) is 23.3. The Hall–Kier alpha value is -1.73. The van der Waals surface area contributed by atoms with E-state index in [1.807, 2.05) is 27.7 Å². The molecule has 0 bridgehead atoms. The lowest BCUT2D eigenvalue weighted by atomic mass is 9.77. The van der Waals surface area contributed by atoms with E-state index in [1.54, 1.807) is 26.0 Å². The minimum atomic E-state index is -1.07. The second-order valence-electron chi connectivity index (χ2n) is 7.54. The number of rotatable bonds is 2. The maximum absolute atomic E-state index is 12.4. The van der Waals surface area contributed by atoms with Crippen molar-refractivity contribution >= 4 is 18.6 Å². The first-order valence-electron chi connectivity index (χ1n) is 7.96. The van der Waals surface area contributed by atoms with Crippen molar-refractivity contribution in [2.45, 2.75) is 58.5 Å². The van der Waals surface area contributed by atoms with Gasteiger partial charge in [0.1, 0.15) is 17.1 Å². The Morgan fingerprint density at radius 2 is 1.54 bits per heavy atom. The SMILES string of the molecule is COc1ccc(B2OC(C)(C)C(C)(C)O2)c2c1C(=O)OC(C)(C)O2. The van der Waals surface area contributed by atoms with Gasteiger partial charge < -0.3 is 23.5 Å². The van der Waals surface area contributed by atoms with Gasteiger partial charge in [-0.1, -0.05) is 6.07 Å². The molecule has 2 heterocycles. The summed E-state index contributed by atoms with van der Waals surface area (Å²) in [6.07, 6.45) is 0. The topological polar surface area (TPSA) is 63.2 Å². The molecule has 2 aliphatic heterocycles. The zero-order valence-electron chi connectivity index (χ0n) is 15.2. The molecule has 130 valence electrons. The van der Waals surface area contributed by atoms with Gasteiger partial charge in [-0.25, -0.2) is 4.79 Å². The summed E-state index contributed by atoms with van der Waals surface area (Å²) < 4.78 is 28.7. The third-order valence-electron chi connectivity index (χ3n) is 4.77. The molecule has 0 N–H and O–H groups in total. The van der Waals surface area contributed by atoms with E-state index >= 15 is 0 Å². The van der Waals surface area contributed by atoms with Crippen molar-refractivity contribution in [3.8, 4) is 11.5 Å².